The first-order valence-electron chi connectivity index (χ1n) is 5.24. The minimum Gasteiger partial charge on any atom is -0.0998 e. The summed E-state index contributed by atoms with van der Waals surface area (Å²) in [4.78, 5) is 0. The monoisotopic (exact) mass is 180 g/mol. The molecule has 0 N–H and O–H groups in total. The molecule has 0 saturated heterocycles. The lowest BCUT2D eigenvalue weighted by atomic mass is 9.90. The molecule has 0 spiro atoms. The third kappa shape index (κ3) is 6.62. The number of hydrogen-bond donors (Lipinski definition) is 0. The van der Waals surface area contributed by atoms with Crippen LogP contribution in [0.15, 0.2) is 24.3 Å². The molecule has 0 radical (unpaired) electrons. The number of rotatable bonds is 6. The van der Waals surface area contributed by atoms with Crippen molar-refractivity contribution in [3.63, 3.8) is 0 Å². The van der Waals surface area contributed by atoms with Gasteiger partial charge in [-0.25, -0.2) is 0 Å². The predicted molar refractivity (Wildman–Crippen MR) is 61.8 cm³/mol. The third-order valence-electron chi connectivity index (χ3n) is 2.64. The van der Waals surface area contributed by atoms with Crippen LogP contribution in [-0.2, 0) is 0 Å². The summed E-state index contributed by atoms with van der Waals surface area (Å²) in [7, 11) is 0. The van der Waals surface area contributed by atoms with Gasteiger partial charge in [-0.2, -0.15) is 0 Å². The highest BCUT2D eigenvalue weighted by Crippen LogP contribution is 2.20. The number of allylic oxidation sites excluding steroid dienone is 2. The van der Waals surface area contributed by atoms with Gasteiger partial charge in [-0.3, -0.25) is 0 Å². The summed E-state index contributed by atoms with van der Waals surface area (Å²) < 4.78 is 0. The Hall–Kier alpha value is -0.520. The first kappa shape index (κ1) is 12.5. The Balaban J connectivity index is 3.64. The highest BCUT2D eigenvalue weighted by atomic mass is 14.1. The van der Waals surface area contributed by atoms with Crippen molar-refractivity contribution < 1.29 is 0 Å². The summed E-state index contributed by atoms with van der Waals surface area (Å²) >= 11 is 0. The predicted octanol–water partition coefficient (Wildman–Crippen LogP) is 4.58. The molecule has 0 aliphatic carbocycles. The Bertz CT molecular complexity index is 174. The van der Waals surface area contributed by atoms with Gasteiger partial charge in [0, 0.05) is 0 Å². The van der Waals surface area contributed by atoms with Gasteiger partial charge in [-0.05, 0) is 38.0 Å². The van der Waals surface area contributed by atoms with Crippen LogP contribution in [0.2, 0.25) is 0 Å². The molecule has 0 amide bonds. The average Bonchev–Trinajstić information content (AvgIpc) is 1.98. The van der Waals surface area contributed by atoms with Gasteiger partial charge in [0.05, 0.1) is 0 Å². The standard InChI is InChI=1S/C13H24/c1-10(2)9-12(5)7-8-13(6)11(3)4/h11,13H,1,5,7-9H2,2-4,6H3. The molecule has 76 valence electrons. The molecule has 0 aromatic rings. The second-order valence-electron chi connectivity index (χ2n) is 4.64. The maximum atomic E-state index is 4.07. The van der Waals surface area contributed by atoms with Crippen molar-refractivity contribution in [2.45, 2.75) is 47.0 Å². The van der Waals surface area contributed by atoms with Crippen molar-refractivity contribution >= 4 is 0 Å². The molecule has 0 aliphatic rings. The lowest BCUT2D eigenvalue weighted by Gasteiger charge is -2.15. The zero-order chi connectivity index (χ0) is 10.4. The van der Waals surface area contributed by atoms with Gasteiger partial charge >= 0.3 is 0 Å². The minimum absolute atomic E-state index is 0.789. The van der Waals surface area contributed by atoms with E-state index in [0.29, 0.717) is 0 Å². The maximum absolute atomic E-state index is 4.07. The van der Waals surface area contributed by atoms with Crippen LogP contribution in [0, 0.1) is 11.8 Å². The fraction of sp³-hybridized carbons (Fsp3) is 0.692. The lowest BCUT2D eigenvalue weighted by Crippen LogP contribution is -2.03. The summed E-state index contributed by atoms with van der Waals surface area (Å²) in [5.41, 5.74) is 2.56. The molecule has 13 heavy (non-hydrogen) atoms. The van der Waals surface area contributed by atoms with Crippen molar-refractivity contribution in [3.8, 4) is 0 Å². The first-order valence-corrected chi connectivity index (χ1v) is 5.24. The van der Waals surface area contributed by atoms with E-state index >= 15 is 0 Å². The van der Waals surface area contributed by atoms with Gasteiger partial charge in [0.2, 0.25) is 0 Å². The van der Waals surface area contributed by atoms with E-state index in [2.05, 4.69) is 40.9 Å². The molecule has 1 unspecified atom stereocenters. The molecule has 0 aliphatic heterocycles. The summed E-state index contributed by atoms with van der Waals surface area (Å²) in [5, 5.41) is 0. The van der Waals surface area contributed by atoms with Crippen LogP contribution in [0.25, 0.3) is 0 Å². The molecular weight excluding hydrogens is 156 g/mol. The second kappa shape index (κ2) is 6.01. The summed E-state index contributed by atoms with van der Waals surface area (Å²) in [6.45, 7) is 16.9. The van der Waals surface area contributed by atoms with E-state index in [4.69, 9.17) is 0 Å². The van der Waals surface area contributed by atoms with Crippen molar-refractivity contribution in [2.24, 2.45) is 11.8 Å². The highest BCUT2D eigenvalue weighted by Gasteiger charge is 2.07. The van der Waals surface area contributed by atoms with Crippen molar-refractivity contribution in [1.82, 2.24) is 0 Å². The van der Waals surface area contributed by atoms with Crippen LogP contribution in [-0.4, -0.2) is 0 Å². The minimum atomic E-state index is 0.789. The smallest absolute Gasteiger partial charge is 0.0117 e. The zero-order valence-electron chi connectivity index (χ0n) is 9.69. The molecule has 0 aromatic heterocycles. The second-order valence-corrected chi connectivity index (χ2v) is 4.64. The number of hydrogen-bond acceptors (Lipinski definition) is 0. The van der Waals surface area contributed by atoms with Crippen molar-refractivity contribution in [3.05, 3.63) is 24.3 Å². The molecule has 0 heterocycles. The quantitative estimate of drug-likeness (QED) is 0.525. The molecule has 0 saturated carbocycles. The Morgan fingerprint density at radius 3 is 2.08 bits per heavy atom. The average molecular weight is 180 g/mol. The largest absolute Gasteiger partial charge is 0.0998 e. The topological polar surface area (TPSA) is 0 Å². The molecule has 0 nitrogen and oxygen atoms in total. The summed E-state index contributed by atoms with van der Waals surface area (Å²) in [5.74, 6) is 1.60. The molecular formula is C13H24. The first-order chi connectivity index (χ1) is 5.93. The fourth-order valence-electron chi connectivity index (χ4n) is 1.28. The van der Waals surface area contributed by atoms with Gasteiger partial charge < -0.3 is 0 Å². The Morgan fingerprint density at radius 2 is 1.69 bits per heavy atom. The van der Waals surface area contributed by atoms with Crippen LogP contribution in [0.4, 0.5) is 0 Å². The van der Waals surface area contributed by atoms with E-state index in [1.807, 2.05) is 0 Å². The van der Waals surface area contributed by atoms with Crippen LogP contribution in [0.5, 0.6) is 0 Å². The zero-order valence-corrected chi connectivity index (χ0v) is 9.69. The Labute approximate surface area is 83.7 Å². The van der Waals surface area contributed by atoms with Crippen LogP contribution in [0.1, 0.15) is 47.0 Å². The molecule has 1 atom stereocenters. The molecule has 0 aromatic carbocycles. The van der Waals surface area contributed by atoms with E-state index in [1.54, 1.807) is 0 Å². The van der Waals surface area contributed by atoms with E-state index in [0.717, 1.165) is 24.7 Å². The third-order valence-corrected chi connectivity index (χ3v) is 2.64. The highest BCUT2D eigenvalue weighted by molar-refractivity contribution is 5.07. The van der Waals surface area contributed by atoms with E-state index in [-0.39, 0.29) is 0 Å². The Morgan fingerprint density at radius 1 is 1.15 bits per heavy atom. The molecule has 0 fully saturated rings. The van der Waals surface area contributed by atoms with Crippen molar-refractivity contribution in [1.29, 1.82) is 0 Å². The van der Waals surface area contributed by atoms with E-state index in [9.17, 15) is 0 Å². The van der Waals surface area contributed by atoms with Crippen LogP contribution in [0.3, 0.4) is 0 Å². The van der Waals surface area contributed by atoms with Gasteiger partial charge in [-0.1, -0.05) is 45.1 Å². The van der Waals surface area contributed by atoms with Gasteiger partial charge in [0.25, 0.3) is 0 Å². The maximum Gasteiger partial charge on any atom is -0.0117 e. The van der Waals surface area contributed by atoms with Gasteiger partial charge in [-0.15, -0.1) is 0 Å². The fourth-order valence-corrected chi connectivity index (χ4v) is 1.28. The van der Waals surface area contributed by atoms with Crippen LogP contribution >= 0.6 is 0 Å². The van der Waals surface area contributed by atoms with E-state index < -0.39 is 0 Å². The van der Waals surface area contributed by atoms with Gasteiger partial charge in [0.1, 0.15) is 0 Å². The molecule has 0 bridgehead atoms. The normalized spacial score (nSPS) is 13.0. The van der Waals surface area contributed by atoms with Gasteiger partial charge in [0.15, 0.2) is 0 Å². The van der Waals surface area contributed by atoms with E-state index in [1.165, 1.54) is 17.6 Å². The molecule has 0 heteroatoms. The molecule has 0 rings (SSSR count). The Kier molecular flexibility index (Phi) is 5.77. The summed E-state index contributed by atoms with van der Waals surface area (Å²) in [6.07, 6.45) is 3.43. The summed E-state index contributed by atoms with van der Waals surface area (Å²) in [6, 6.07) is 0. The van der Waals surface area contributed by atoms with Crippen molar-refractivity contribution in [2.75, 3.05) is 0 Å². The van der Waals surface area contributed by atoms with Crippen LogP contribution < -0.4 is 0 Å². The lowest BCUT2D eigenvalue weighted by molar-refractivity contribution is 0.391. The SMILES string of the molecule is C=C(C)CC(=C)CCC(C)C(C)C.